The van der Waals surface area contributed by atoms with Gasteiger partial charge in [0.1, 0.15) is 0 Å². The number of carbonyl (C=O) groups excluding carboxylic acids is 1. The number of piperidine rings is 1. The quantitative estimate of drug-likeness (QED) is 0.900. The Morgan fingerprint density at radius 3 is 2.44 bits per heavy atom. The molecule has 25 heavy (non-hydrogen) atoms. The number of hydrogen-bond donors (Lipinski definition) is 1. The van der Waals surface area contributed by atoms with Gasteiger partial charge in [-0.1, -0.05) is 12.1 Å². The SMILES string of the molecule is COCc1ccc(C(=O)N2CCC(n3cc(C(=O)O)cn3)CC2)cc1. The van der Waals surface area contributed by atoms with Gasteiger partial charge in [-0.25, -0.2) is 4.79 Å². The molecule has 7 heteroatoms. The summed E-state index contributed by atoms with van der Waals surface area (Å²) in [4.78, 5) is 25.4. The number of likely N-dealkylation sites (tertiary alicyclic amines) is 1. The van der Waals surface area contributed by atoms with Crippen molar-refractivity contribution < 1.29 is 19.4 Å². The fraction of sp³-hybridized carbons (Fsp3) is 0.389. The first kappa shape index (κ1) is 17.2. The first-order valence-corrected chi connectivity index (χ1v) is 8.23. The van der Waals surface area contributed by atoms with E-state index in [0.717, 1.165) is 18.4 Å². The molecule has 2 heterocycles. The lowest BCUT2D eigenvalue weighted by Gasteiger charge is -2.32. The molecule has 7 nitrogen and oxygen atoms in total. The molecule has 1 aromatic carbocycles. The number of aromatic carboxylic acids is 1. The minimum atomic E-state index is -0.976. The molecule has 0 unspecified atom stereocenters. The van der Waals surface area contributed by atoms with Crippen molar-refractivity contribution in [2.24, 2.45) is 0 Å². The van der Waals surface area contributed by atoms with Crippen molar-refractivity contribution in [1.82, 2.24) is 14.7 Å². The molecule has 0 atom stereocenters. The van der Waals surface area contributed by atoms with Crippen molar-refractivity contribution >= 4 is 11.9 Å². The smallest absolute Gasteiger partial charge is 0.338 e. The van der Waals surface area contributed by atoms with E-state index in [1.807, 2.05) is 29.2 Å². The zero-order chi connectivity index (χ0) is 17.8. The van der Waals surface area contributed by atoms with Crippen LogP contribution in [0, 0.1) is 0 Å². The molecule has 1 N–H and O–H groups in total. The van der Waals surface area contributed by atoms with Crippen molar-refractivity contribution in [3.8, 4) is 0 Å². The normalized spacial score (nSPS) is 15.3. The number of ether oxygens (including phenoxy) is 1. The van der Waals surface area contributed by atoms with Gasteiger partial charge in [0.15, 0.2) is 0 Å². The number of rotatable bonds is 5. The van der Waals surface area contributed by atoms with Crippen LogP contribution in [-0.4, -0.2) is 51.9 Å². The van der Waals surface area contributed by atoms with Gasteiger partial charge in [0.2, 0.25) is 0 Å². The van der Waals surface area contributed by atoms with Crippen molar-refractivity contribution in [2.75, 3.05) is 20.2 Å². The molecular weight excluding hydrogens is 322 g/mol. The van der Waals surface area contributed by atoms with Gasteiger partial charge in [-0.3, -0.25) is 9.48 Å². The molecule has 1 amide bonds. The number of amides is 1. The van der Waals surface area contributed by atoms with Gasteiger partial charge >= 0.3 is 5.97 Å². The van der Waals surface area contributed by atoms with Crippen molar-refractivity contribution in [2.45, 2.75) is 25.5 Å². The zero-order valence-electron chi connectivity index (χ0n) is 14.1. The van der Waals surface area contributed by atoms with Gasteiger partial charge in [0.25, 0.3) is 5.91 Å². The maximum absolute atomic E-state index is 12.6. The van der Waals surface area contributed by atoms with E-state index in [9.17, 15) is 9.59 Å². The Bertz CT molecular complexity index is 746. The van der Waals surface area contributed by atoms with Crippen LogP contribution in [0.25, 0.3) is 0 Å². The van der Waals surface area contributed by atoms with Crippen molar-refractivity contribution in [3.05, 3.63) is 53.3 Å². The minimum absolute atomic E-state index is 0.0223. The lowest BCUT2D eigenvalue weighted by Crippen LogP contribution is -2.39. The molecule has 0 spiro atoms. The molecule has 1 aromatic heterocycles. The highest BCUT2D eigenvalue weighted by atomic mass is 16.5. The predicted molar refractivity (Wildman–Crippen MR) is 90.5 cm³/mol. The van der Waals surface area contributed by atoms with Gasteiger partial charge in [0.05, 0.1) is 24.4 Å². The number of methoxy groups -OCH3 is 1. The number of aromatic nitrogens is 2. The van der Waals surface area contributed by atoms with E-state index in [1.54, 1.807) is 18.0 Å². The van der Waals surface area contributed by atoms with E-state index in [-0.39, 0.29) is 17.5 Å². The molecule has 1 aliphatic heterocycles. The predicted octanol–water partition coefficient (Wildman–Crippen LogP) is 2.21. The topological polar surface area (TPSA) is 84.7 Å². The molecule has 1 fully saturated rings. The maximum Gasteiger partial charge on any atom is 0.338 e. The highest BCUT2D eigenvalue weighted by molar-refractivity contribution is 5.94. The molecular formula is C18H21N3O4. The van der Waals surface area contributed by atoms with Crippen LogP contribution in [0.1, 0.15) is 45.2 Å². The largest absolute Gasteiger partial charge is 0.478 e. The monoisotopic (exact) mass is 343 g/mol. The summed E-state index contributed by atoms with van der Waals surface area (Å²) in [6.45, 7) is 1.79. The fourth-order valence-electron chi connectivity index (χ4n) is 3.07. The summed E-state index contributed by atoms with van der Waals surface area (Å²) < 4.78 is 6.77. The Hall–Kier alpha value is -2.67. The summed E-state index contributed by atoms with van der Waals surface area (Å²) in [6, 6.07) is 7.59. The van der Waals surface area contributed by atoms with Crippen LogP contribution >= 0.6 is 0 Å². The lowest BCUT2D eigenvalue weighted by molar-refractivity contribution is 0.0688. The zero-order valence-corrected chi connectivity index (χ0v) is 14.1. The third-order valence-electron chi connectivity index (χ3n) is 4.49. The average molecular weight is 343 g/mol. The molecule has 0 saturated carbocycles. The summed E-state index contributed by atoms with van der Waals surface area (Å²) in [5.74, 6) is -0.954. The lowest BCUT2D eigenvalue weighted by atomic mass is 10.0. The molecule has 132 valence electrons. The summed E-state index contributed by atoms with van der Waals surface area (Å²) in [7, 11) is 1.64. The van der Waals surface area contributed by atoms with Crippen molar-refractivity contribution in [3.63, 3.8) is 0 Å². The second-order valence-electron chi connectivity index (χ2n) is 6.17. The Morgan fingerprint density at radius 1 is 1.20 bits per heavy atom. The van der Waals surface area contributed by atoms with E-state index in [0.29, 0.717) is 25.3 Å². The van der Waals surface area contributed by atoms with Crippen LogP contribution in [0.15, 0.2) is 36.7 Å². The minimum Gasteiger partial charge on any atom is -0.478 e. The van der Waals surface area contributed by atoms with Gasteiger partial charge in [-0.05, 0) is 30.5 Å². The Kier molecular flexibility index (Phi) is 5.14. The van der Waals surface area contributed by atoms with E-state index in [1.165, 1.54) is 6.20 Å². The van der Waals surface area contributed by atoms with E-state index in [2.05, 4.69) is 5.10 Å². The van der Waals surface area contributed by atoms with Crippen LogP contribution < -0.4 is 0 Å². The maximum atomic E-state index is 12.6. The third-order valence-corrected chi connectivity index (χ3v) is 4.49. The van der Waals surface area contributed by atoms with E-state index >= 15 is 0 Å². The summed E-state index contributed by atoms with van der Waals surface area (Å²) in [5, 5.41) is 13.1. The molecule has 0 radical (unpaired) electrons. The second kappa shape index (κ2) is 7.48. The number of carboxylic acid groups (broad SMARTS) is 1. The molecule has 0 bridgehead atoms. The highest BCUT2D eigenvalue weighted by Gasteiger charge is 2.25. The standard InChI is InChI=1S/C18H21N3O4/c1-25-12-13-2-4-14(5-3-13)17(22)20-8-6-16(7-9-20)21-11-15(10-19-21)18(23)24/h2-5,10-11,16H,6-9,12H2,1H3,(H,23,24). The third kappa shape index (κ3) is 3.88. The Balaban J connectivity index is 1.59. The van der Waals surface area contributed by atoms with Crippen LogP contribution in [0.4, 0.5) is 0 Å². The number of hydrogen-bond acceptors (Lipinski definition) is 4. The van der Waals surface area contributed by atoms with Gasteiger partial charge in [0, 0.05) is 32.0 Å². The summed E-state index contributed by atoms with van der Waals surface area (Å²) in [6.07, 6.45) is 4.43. The van der Waals surface area contributed by atoms with Gasteiger partial charge in [-0.2, -0.15) is 5.10 Å². The second-order valence-corrected chi connectivity index (χ2v) is 6.17. The Morgan fingerprint density at radius 2 is 1.88 bits per heavy atom. The van der Waals surface area contributed by atoms with Gasteiger partial charge < -0.3 is 14.7 Å². The van der Waals surface area contributed by atoms with Crippen LogP contribution in [0.5, 0.6) is 0 Å². The average Bonchev–Trinajstić information content (AvgIpc) is 3.13. The van der Waals surface area contributed by atoms with E-state index in [4.69, 9.17) is 9.84 Å². The molecule has 1 aliphatic rings. The molecule has 3 rings (SSSR count). The van der Waals surface area contributed by atoms with Crippen molar-refractivity contribution in [1.29, 1.82) is 0 Å². The first-order chi connectivity index (χ1) is 12.1. The van der Waals surface area contributed by atoms with Crippen LogP contribution in [-0.2, 0) is 11.3 Å². The number of carboxylic acids is 1. The summed E-state index contributed by atoms with van der Waals surface area (Å²) in [5.41, 5.74) is 1.89. The molecule has 0 aliphatic carbocycles. The highest BCUT2D eigenvalue weighted by Crippen LogP contribution is 2.23. The number of carbonyl (C=O) groups is 2. The fourth-order valence-corrected chi connectivity index (χ4v) is 3.07. The summed E-state index contributed by atoms with van der Waals surface area (Å²) >= 11 is 0. The first-order valence-electron chi connectivity index (χ1n) is 8.23. The van der Waals surface area contributed by atoms with Gasteiger partial charge in [-0.15, -0.1) is 0 Å². The Labute approximate surface area is 145 Å². The number of benzene rings is 1. The molecule has 1 saturated heterocycles. The van der Waals surface area contributed by atoms with Crippen LogP contribution in [0.2, 0.25) is 0 Å². The molecule has 2 aromatic rings. The van der Waals surface area contributed by atoms with E-state index < -0.39 is 5.97 Å². The van der Waals surface area contributed by atoms with Crippen LogP contribution in [0.3, 0.4) is 0 Å². The number of nitrogens with zero attached hydrogens (tertiary/aromatic N) is 3.